The van der Waals surface area contributed by atoms with Crippen LogP contribution in [0, 0.1) is 5.92 Å². The number of piperidine rings is 1. The highest BCUT2D eigenvalue weighted by molar-refractivity contribution is 5.90. The Kier molecular flexibility index (Phi) is 6.26. The predicted molar refractivity (Wildman–Crippen MR) is 81.2 cm³/mol. The summed E-state index contributed by atoms with van der Waals surface area (Å²) in [6.45, 7) is 6.12. The standard InChI is InChI=1S/C16H26N2O3/c1-3-20-16(19)14-7-11-21-15(14)12-18-9-5-13(6-10-18)4-8-17-2/h7,11,13,17H,3-6,8-10,12H2,1-2H3. The summed E-state index contributed by atoms with van der Waals surface area (Å²) >= 11 is 0. The van der Waals surface area contributed by atoms with E-state index in [9.17, 15) is 4.79 Å². The number of rotatable bonds is 7. The van der Waals surface area contributed by atoms with Crippen LogP contribution < -0.4 is 5.32 Å². The van der Waals surface area contributed by atoms with Crippen LogP contribution >= 0.6 is 0 Å². The van der Waals surface area contributed by atoms with Gasteiger partial charge < -0.3 is 14.5 Å². The molecule has 0 amide bonds. The molecule has 0 bridgehead atoms. The molecule has 0 saturated carbocycles. The van der Waals surface area contributed by atoms with Crippen molar-refractivity contribution >= 4 is 5.97 Å². The number of carbonyl (C=O) groups is 1. The number of carbonyl (C=O) groups excluding carboxylic acids is 1. The number of nitrogens with zero attached hydrogens (tertiary/aromatic N) is 1. The average Bonchev–Trinajstić information content (AvgIpc) is 2.95. The van der Waals surface area contributed by atoms with Crippen LogP contribution in [0.1, 0.15) is 42.3 Å². The summed E-state index contributed by atoms with van der Waals surface area (Å²) in [4.78, 5) is 14.2. The summed E-state index contributed by atoms with van der Waals surface area (Å²) in [5.74, 6) is 1.25. The number of hydrogen-bond donors (Lipinski definition) is 1. The summed E-state index contributed by atoms with van der Waals surface area (Å²) in [5, 5.41) is 3.21. The number of likely N-dealkylation sites (tertiary alicyclic amines) is 1. The van der Waals surface area contributed by atoms with Gasteiger partial charge in [0, 0.05) is 0 Å². The maximum absolute atomic E-state index is 11.8. The molecule has 2 heterocycles. The van der Waals surface area contributed by atoms with Crippen molar-refractivity contribution in [1.29, 1.82) is 0 Å². The molecule has 2 rings (SSSR count). The minimum absolute atomic E-state index is 0.287. The van der Waals surface area contributed by atoms with E-state index in [-0.39, 0.29) is 5.97 Å². The highest BCUT2D eigenvalue weighted by atomic mass is 16.5. The quantitative estimate of drug-likeness (QED) is 0.782. The van der Waals surface area contributed by atoms with E-state index in [0.29, 0.717) is 18.7 Å². The predicted octanol–water partition coefficient (Wildman–Crippen LogP) is 2.28. The third-order valence-electron chi connectivity index (χ3n) is 4.12. The second-order valence-corrected chi connectivity index (χ2v) is 5.59. The molecular formula is C16H26N2O3. The van der Waals surface area contributed by atoms with Gasteiger partial charge in [-0.3, -0.25) is 4.90 Å². The van der Waals surface area contributed by atoms with Gasteiger partial charge in [-0.05, 0) is 64.9 Å². The third-order valence-corrected chi connectivity index (χ3v) is 4.12. The molecule has 0 unspecified atom stereocenters. The van der Waals surface area contributed by atoms with Crippen LogP contribution in [0.4, 0.5) is 0 Å². The van der Waals surface area contributed by atoms with Crippen LogP contribution in [-0.4, -0.2) is 44.2 Å². The summed E-state index contributed by atoms with van der Waals surface area (Å²) < 4.78 is 10.5. The van der Waals surface area contributed by atoms with Crippen molar-refractivity contribution < 1.29 is 13.9 Å². The van der Waals surface area contributed by atoms with Crippen molar-refractivity contribution in [2.75, 3.05) is 33.3 Å². The van der Waals surface area contributed by atoms with Gasteiger partial charge in [0.1, 0.15) is 11.3 Å². The lowest BCUT2D eigenvalue weighted by atomic mass is 9.93. The molecule has 1 aliphatic heterocycles. The molecule has 0 aliphatic carbocycles. The molecule has 5 heteroatoms. The van der Waals surface area contributed by atoms with Crippen LogP contribution in [0.15, 0.2) is 16.7 Å². The Morgan fingerprint density at radius 3 is 2.90 bits per heavy atom. The van der Waals surface area contributed by atoms with Crippen molar-refractivity contribution in [1.82, 2.24) is 10.2 Å². The van der Waals surface area contributed by atoms with Gasteiger partial charge in [0.25, 0.3) is 0 Å². The summed E-state index contributed by atoms with van der Waals surface area (Å²) in [6.07, 6.45) is 5.26. The van der Waals surface area contributed by atoms with Crippen molar-refractivity contribution in [3.05, 3.63) is 23.7 Å². The Morgan fingerprint density at radius 1 is 1.48 bits per heavy atom. The second-order valence-electron chi connectivity index (χ2n) is 5.59. The monoisotopic (exact) mass is 294 g/mol. The molecule has 1 N–H and O–H groups in total. The van der Waals surface area contributed by atoms with Crippen molar-refractivity contribution in [3.63, 3.8) is 0 Å². The van der Waals surface area contributed by atoms with E-state index in [2.05, 4.69) is 10.2 Å². The smallest absolute Gasteiger partial charge is 0.341 e. The van der Waals surface area contributed by atoms with Gasteiger partial charge >= 0.3 is 5.97 Å². The molecular weight excluding hydrogens is 268 g/mol. The molecule has 1 aromatic heterocycles. The maximum Gasteiger partial charge on any atom is 0.341 e. The highest BCUT2D eigenvalue weighted by Crippen LogP contribution is 2.23. The number of esters is 1. The largest absolute Gasteiger partial charge is 0.467 e. The Balaban J connectivity index is 1.84. The van der Waals surface area contributed by atoms with Crippen molar-refractivity contribution in [3.8, 4) is 0 Å². The zero-order chi connectivity index (χ0) is 15.1. The van der Waals surface area contributed by atoms with E-state index < -0.39 is 0 Å². The van der Waals surface area contributed by atoms with Crippen molar-refractivity contribution in [2.24, 2.45) is 5.92 Å². The van der Waals surface area contributed by atoms with E-state index in [1.54, 1.807) is 12.3 Å². The van der Waals surface area contributed by atoms with Gasteiger partial charge in [0.05, 0.1) is 19.4 Å². The first-order valence-electron chi connectivity index (χ1n) is 7.85. The van der Waals surface area contributed by atoms with Gasteiger partial charge in [-0.25, -0.2) is 4.79 Å². The van der Waals surface area contributed by atoms with Crippen LogP contribution in [0.5, 0.6) is 0 Å². The zero-order valence-corrected chi connectivity index (χ0v) is 13.1. The zero-order valence-electron chi connectivity index (χ0n) is 13.1. The third kappa shape index (κ3) is 4.58. The average molecular weight is 294 g/mol. The van der Waals surface area contributed by atoms with E-state index >= 15 is 0 Å². The molecule has 0 spiro atoms. The Hall–Kier alpha value is -1.33. The van der Waals surface area contributed by atoms with Crippen molar-refractivity contribution in [2.45, 2.75) is 32.7 Å². The first-order chi connectivity index (χ1) is 10.2. The van der Waals surface area contributed by atoms with Gasteiger partial charge in [-0.1, -0.05) is 0 Å². The number of hydrogen-bond acceptors (Lipinski definition) is 5. The summed E-state index contributed by atoms with van der Waals surface area (Å²) in [5.41, 5.74) is 0.564. The summed E-state index contributed by atoms with van der Waals surface area (Å²) in [7, 11) is 2.00. The van der Waals surface area contributed by atoms with E-state index in [4.69, 9.17) is 9.15 Å². The topological polar surface area (TPSA) is 54.7 Å². The number of furan rings is 1. The SMILES string of the molecule is CCOC(=O)c1ccoc1CN1CCC(CCNC)CC1. The lowest BCUT2D eigenvalue weighted by Gasteiger charge is -2.31. The molecule has 1 aliphatic rings. The molecule has 0 aromatic carbocycles. The fraction of sp³-hybridized carbons (Fsp3) is 0.688. The van der Waals surface area contributed by atoms with E-state index in [0.717, 1.165) is 31.3 Å². The molecule has 1 fully saturated rings. The van der Waals surface area contributed by atoms with Crippen LogP contribution in [0.2, 0.25) is 0 Å². The first kappa shape index (κ1) is 16.0. The first-order valence-corrected chi connectivity index (χ1v) is 7.85. The fourth-order valence-corrected chi connectivity index (χ4v) is 2.84. The maximum atomic E-state index is 11.8. The lowest BCUT2D eigenvalue weighted by molar-refractivity contribution is 0.0521. The highest BCUT2D eigenvalue weighted by Gasteiger charge is 2.22. The van der Waals surface area contributed by atoms with Gasteiger partial charge in [0.2, 0.25) is 0 Å². The molecule has 5 nitrogen and oxygen atoms in total. The Labute approximate surface area is 126 Å². The fourth-order valence-electron chi connectivity index (χ4n) is 2.84. The van der Waals surface area contributed by atoms with Gasteiger partial charge in [-0.2, -0.15) is 0 Å². The normalized spacial score (nSPS) is 17.0. The number of nitrogens with one attached hydrogen (secondary N) is 1. The van der Waals surface area contributed by atoms with Gasteiger partial charge in [-0.15, -0.1) is 0 Å². The molecule has 0 atom stereocenters. The van der Waals surface area contributed by atoms with Crippen LogP contribution in [0.25, 0.3) is 0 Å². The van der Waals surface area contributed by atoms with Gasteiger partial charge in [0.15, 0.2) is 0 Å². The lowest BCUT2D eigenvalue weighted by Crippen LogP contribution is -2.34. The molecule has 0 radical (unpaired) electrons. The van der Waals surface area contributed by atoms with E-state index in [1.165, 1.54) is 19.3 Å². The minimum Gasteiger partial charge on any atom is -0.467 e. The minimum atomic E-state index is -0.287. The molecule has 1 aromatic rings. The second kappa shape index (κ2) is 8.20. The van der Waals surface area contributed by atoms with Crippen LogP contribution in [-0.2, 0) is 11.3 Å². The summed E-state index contributed by atoms with van der Waals surface area (Å²) in [6, 6.07) is 1.70. The molecule has 118 valence electrons. The van der Waals surface area contributed by atoms with Crippen LogP contribution in [0.3, 0.4) is 0 Å². The van der Waals surface area contributed by atoms with E-state index in [1.807, 2.05) is 14.0 Å². The Morgan fingerprint density at radius 2 is 2.24 bits per heavy atom. The Bertz CT molecular complexity index is 436. The molecule has 1 saturated heterocycles. The molecule has 21 heavy (non-hydrogen) atoms. The number of ether oxygens (including phenoxy) is 1.